The van der Waals surface area contributed by atoms with Crippen molar-refractivity contribution < 1.29 is 4.39 Å². The number of aryl methyl sites for hydroxylation is 1. The quantitative estimate of drug-likeness (QED) is 0.556. The summed E-state index contributed by atoms with van der Waals surface area (Å²) in [5.41, 5.74) is 14.3. The van der Waals surface area contributed by atoms with Crippen LogP contribution in [0, 0.1) is 12.7 Å². The number of nitrogens with two attached hydrogens (primary N) is 2. The van der Waals surface area contributed by atoms with E-state index in [0.29, 0.717) is 5.56 Å². The molecule has 22 heavy (non-hydrogen) atoms. The first-order chi connectivity index (χ1) is 10.5. The van der Waals surface area contributed by atoms with Crippen LogP contribution in [-0.2, 0) is 0 Å². The van der Waals surface area contributed by atoms with Gasteiger partial charge < -0.3 is 11.5 Å². The third-order valence-electron chi connectivity index (χ3n) is 3.51. The molecule has 0 unspecified atom stereocenters. The number of hydrogen-bond acceptors (Lipinski definition) is 4. The zero-order valence-electron chi connectivity index (χ0n) is 12.2. The van der Waals surface area contributed by atoms with Gasteiger partial charge in [0, 0.05) is 18.3 Å². The Bertz CT molecular complexity index is 896. The minimum absolute atomic E-state index is 0.131. The second-order valence-corrected chi connectivity index (χ2v) is 4.88. The molecule has 3 aromatic rings. The van der Waals surface area contributed by atoms with E-state index >= 15 is 0 Å². The maximum absolute atomic E-state index is 14.5. The van der Waals surface area contributed by atoms with Crippen molar-refractivity contribution in [2.45, 2.75) is 6.92 Å². The molecule has 3 heterocycles. The number of aliphatic imine (C=N–C) groups is 1. The molecule has 3 rings (SSSR count). The Morgan fingerprint density at radius 2 is 2.14 bits per heavy atom. The van der Waals surface area contributed by atoms with Crippen molar-refractivity contribution in [1.29, 1.82) is 0 Å². The van der Waals surface area contributed by atoms with Gasteiger partial charge in [0.2, 0.25) is 0 Å². The molecule has 3 aromatic heterocycles. The van der Waals surface area contributed by atoms with E-state index in [2.05, 4.69) is 15.1 Å². The fourth-order valence-electron chi connectivity index (χ4n) is 2.35. The van der Waals surface area contributed by atoms with Gasteiger partial charge in [-0.05, 0) is 25.1 Å². The first-order valence-corrected chi connectivity index (χ1v) is 6.65. The highest BCUT2D eigenvalue weighted by molar-refractivity contribution is 6.01. The van der Waals surface area contributed by atoms with Gasteiger partial charge in [-0.1, -0.05) is 6.07 Å². The number of nitrogens with zero attached hydrogens (tertiary/aromatic N) is 4. The van der Waals surface area contributed by atoms with Crippen LogP contribution in [0.25, 0.3) is 16.8 Å². The summed E-state index contributed by atoms with van der Waals surface area (Å²) in [7, 11) is 1.51. The lowest BCUT2D eigenvalue weighted by molar-refractivity contribution is 0.626. The molecule has 0 saturated carbocycles. The fraction of sp³-hybridized carbons (Fsp3) is 0.133. The number of rotatable bonds is 2. The average Bonchev–Trinajstić information content (AvgIpc) is 2.93. The monoisotopic (exact) mass is 298 g/mol. The van der Waals surface area contributed by atoms with Crippen LogP contribution in [0.2, 0.25) is 0 Å². The van der Waals surface area contributed by atoms with Crippen molar-refractivity contribution in [2.75, 3.05) is 12.8 Å². The summed E-state index contributed by atoms with van der Waals surface area (Å²) in [4.78, 5) is 7.96. The third-order valence-corrected chi connectivity index (χ3v) is 3.51. The van der Waals surface area contributed by atoms with Crippen LogP contribution >= 0.6 is 0 Å². The van der Waals surface area contributed by atoms with Gasteiger partial charge in [-0.25, -0.2) is 13.9 Å². The highest BCUT2D eigenvalue weighted by atomic mass is 19.1. The van der Waals surface area contributed by atoms with Crippen LogP contribution in [0.15, 0.2) is 35.5 Å². The van der Waals surface area contributed by atoms with Gasteiger partial charge in [0.1, 0.15) is 17.3 Å². The molecule has 0 aliphatic heterocycles. The molecule has 0 aromatic carbocycles. The number of aromatic nitrogens is 3. The summed E-state index contributed by atoms with van der Waals surface area (Å²) in [6.45, 7) is 1.92. The summed E-state index contributed by atoms with van der Waals surface area (Å²) in [6.07, 6.45) is 1.57. The Kier molecular flexibility index (Phi) is 3.25. The Balaban J connectivity index is 2.24. The molecule has 6 nitrogen and oxygen atoms in total. The van der Waals surface area contributed by atoms with Crippen molar-refractivity contribution in [3.05, 3.63) is 47.5 Å². The van der Waals surface area contributed by atoms with Gasteiger partial charge in [-0.3, -0.25) is 4.99 Å². The van der Waals surface area contributed by atoms with Crippen LogP contribution in [-0.4, -0.2) is 27.5 Å². The number of amidine groups is 1. The average molecular weight is 298 g/mol. The summed E-state index contributed by atoms with van der Waals surface area (Å²) < 4.78 is 16.2. The molecule has 0 bridgehead atoms. The second-order valence-electron chi connectivity index (χ2n) is 4.88. The summed E-state index contributed by atoms with van der Waals surface area (Å²) in [5, 5.41) is 4.26. The first-order valence-electron chi connectivity index (χ1n) is 6.65. The number of fused-ring (bicyclic) bond motifs is 1. The molecule has 0 amide bonds. The van der Waals surface area contributed by atoms with Gasteiger partial charge in [-0.2, -0.15) is 5.10 Å². The molecule has 0 aliphatic rings. The van der Waals surface area contributed by atoms with Crippen LogP contribution in [0.1, 0.15) is 11.3 Å². The first kappa shape index (κ1) is 14.0. The third kappa shape index (κ3) is 2.07. The van der Waals surface area contributed by atoms with Crippen LogP contribution in [0.3, 0.4) is 0 Å². The molecule has 0 fully saturated rings. The Hall–Kier alpha value is -2.96. The summed E-state index contributed by atoms with van der Waals surface area (Å²) in [5.74, 6) is -0.245. The van der Waals surface area contributed by atoms with E-state index in [-0.39, 0.29) is 22.9 Å². The van der Waals surface area contributed by atoms with Crippen molar-refractivity contribution in [1.82, 2.24) is 14.6 Å². The molecule has 112 valence electrons. The lowest BCUT2D eigenvalue weighted by atomic mass is 10.1. The minimum atomic E-state index is -0.521. The molecule has 0 aliphatic carbocycles. The Morgan fingerprint density at radius 1 is 1.36 bits per heavy atom. The largest absolute Gasteiger partial charge is 0.383 e. The predicted molar refractivity (Wildman–Crippen MR) is 84.2 cm³/mol. The van der Waals surface area contributed by atoms with Crippen molar-refractivity contribution in [3.63, 3.8) is 0 Å². The van der Waals surface area contributed by atoms with Gasteiger partial charge in [-0.15, -0.1) is 0 Å². The molecule has 4 N–H and O–H groups in total. The number of nitrogen functional groups attached to an aromatic ring is 1. The highest BCUT2D eigenvalue weighted by Crippen LogP contribution is 2.28. The van der Waals surface area contributed by atoms with E-state index in [1.165, 1.54) is 13.1 Å². The standard InChI is InChI=1S/C15H15FN6/c1-8-4-3-5-12-10(7-20-22(8)12)13-11(16)6-9(14(17)19-2)15(18)21-13/h3-7H,1-2H3,(H2,17,19)(H2,18,21). The maximum atomic E-state index is 14.5. The molecule has 0 spiro atoms. The number of halogens is 1. The minimum Gasteiger partial charge on any atom is -0.383 e. The van der Waals surface area contributed by atoms with E-state index in [4.69, 9.17) is 11.5 Å². The lowest BCUT2D eigenvalue weighted by Crippen LogP contribution is -2.17. The van der Waals surface area contributed by atoms with Crippen LogP contribution in [0.5, 0.6) is 0 Å². The highest BCUT2D eigenvalue weighted by Gasteiger charge is 2.17. The molecular weight excluding hydrogens is 283 g/mol. The SMILES string of the molecule is CN=C(N)c1cc(F)c(-c2cnn3c(C)cccc23)nc1N. The zero-order chi connectivity index (χ0) is 15.9. The summed E-state index contributed by atoms with van der Waals surface area (Å²) >= 11 is 0. The van der Waals surface area contributed by atoms with E-state index < -0.39 is 5.82 Å². The van der Waals surface area contributed by atoms with E-state index in [0.717, 1.165) is 11.2 Å². The van der Waals surface area contributed by atoms with Crippen LogP contribution in [0.4, 0.5) is 10.2 Å². The number of anilines is 1. The van der Waals surface area contributed by atoms with E-state index in [1.807, 2.05) is 25.1 Å². The molecular formula is C15H15FN6. The predicted octanol–water partition coefficient (Wildman–Crippen LogP) is 1.76. The molecule has 0 atom stereocenters. The number of hydrogen-bond donors (Lipinski definition) is 2. The topological polar surface area (TPSA) is 94.6 Å². The second kappa shape index (κ2) is 5.10. The van der Waals surface area contributed by atoms with Crippen molar-refractivity contribution in [2.24, 2.45) is 10.7 Å². The van der Waals surface area contributed by atoms with E-state index in [9.17, 15) is 4.39 Å². The van der Waals surface area contributed by atoms with Gasteiger partial charge in [0.25, 0.3) is 0 Å². The van der Waals surface area contributed by atoms with Crippen LogP contribution < -0.4 is 11.5 Å². The normalized spacial score (nSPS) is 12.0. The number of pyridine rings is 2. The summed E-state index contributed by atoms with van der Waals surface area (Å²) in [6, 6.07) is 6.90. The van der Waals surface area contributed by atoms with Crippen molar-refractivity contribution >= 4 is 17.2 Å². The lowest BCUT2D eigenvalue weighted by Gasteiger charge is -2.08. The maximum Gasteiger partial charge on any atom is 0.150 e. The Labute approximate surface area is 126 Å². The van der Waals surface area contributed by atoms with Gasteiger partial charge in [0.15, 0.2) is 5.82 Å². The fourth-order valence-corrected chi connectivity index (χ4v) is 2.35. The van der Waals surface area contributed by atoms with Crippen molar-refractivity contribution in [3.8, 4) is 11.3 Å². The molecule has 7 heteroatoms. The molecule has 0 saturated heterocycles. The smallest absolute Gasteiger partial charge is 0.150 e. The molecule has 0 radical (unpaired) electrons. The van der Waals surface area contributed by atoms with E-state index in [1.54, 1.807) is 10.7 Å². The van der Waals surface area contributed by atoms with Gasteiger partial charge >= 0.3 is 0 Å². The van der Waals surface area contributed by atoms with Gasteiger partial charge in [0.05, 0.1) is 17.3 Å². The Morgan fingerprint density at radius 3 is 2.86 bits per heavy atom. The zero-order valence-corrected chi connectivity index (χ0v) is 12.2.